The zero-order chi connectivity index (χ0) is 22.2. The minimum Gasteiger partial charge on any atom is -0.491 e. The summed E-state index contributed by atoms with van der Waals surface area (Å²) in [6.45, 7) is 0.0829. The van der Waals surface area contributed by atoms with Crippen LogP contribution in [0, 0.1) is 22.7 Å². The zero-order valence-electron chi connectivity index (χ0n) is 16.7. The molecule has 3 N–H and O–H groups in total. The van der Waals surface area contributed by atoms with Gasteiger partial charge in [0, 0.05) is 23.6 Å². The van der Waals surface area contributed by atoms with Gasteiger partial charge in [0.15, 0.2) is 0 Å². The molecule has 1 aromatic carbocycles. The molecule has 0 fully saturated rings. The van der Waals surface area contributed by atoms with E-state index in [9.17, 15) is 10.5 Å². The number of aliphatic hydroxyl groups is 1. The van der Waals surface area contributed by atoms with Crippen LogP contribution in [0.5, 0.6) is 11.6 Å². The predicted octanol–water partition coefficient (Wildman–Crippen LogP) is 3.14. The Kier molecular flexibility index (Phi) is 7.28. The summed E-state index contributed by atoms with van der Waals surface area (Å²) in [5, 5.41) is 28.8. The van der Waals surface area contributed by atoms with E-state index in [0.29, 0.717) is 33.5 Å². The highest BCUT2D eigenvalue weighted by atomic mass is 32.2. The molecule has 0 unspecified atom stereocenters. The van der Waals surface area contributed by atoms with E-state index in [1.165, 1.54) is 11.8 Å². The maximum atomic E-state index is 9.87. The topological polar surface area (TPSA) is 138 Å². The molecule has 8 nitrogen and oxygen atoms in total. The Balaban J connectivity index is 1.97. The molecule has 0 radical (unpaired) electrons. The highest BCUT2D eigenvalue weighted by Crippen LogP contribution is 2.37. The van der Waals surface area contributed by atoms with Crippen molar-refractivity contribution in [2.75, 3.05) is 26.1 Å². The Morgan fingerprint density at radius 2 is 1.84 bits per heavy atom. The first-order valence-corrected chi connectivity index (χ1v) is 10.2. The largest absolute Gasteiger partial charge is 0.491 e. The number of methoxy groups -OCH3 is 1. The lowest BCUT2D eigenvalue weighted by Gasteiger charge is -2.13. The molecule has 2 heterocycles. The van der Waals surface area contributed by atoms with Crippen LogP contribution in [-0.4, -0.2) is 35.4 Å². The van der Waals surface area contributed by atoms with Crippen LogP contribution in [0.15, 0.2) is 47.6 Å². The van der Waals surface area contributed by atoms with Gasteiger partial charge in [0.2, 0.25) is 5.88 Å². The number of rotatable bonds is 8. The van der Waals surface area contributed by atoms with Gasteiger partial charge in [-0.25, -0.2) is 9.97 Å². The second kappa shape index (κ2) is 10.3. The van der Waals surface area contributed by atoms with Crippen LogP contribution in [-0.2, 0) is 5.75 Å². The number of ether oxygens (including phenoxy) is 2. The normalized spacial score (nSPS) is 10.2. The van der Waals surface area contributed by atoms with Crippen molar-refractivity contribution in [3.8, 4) is 34.9 Å². The Morgan fingerprint density at radius 3 is 2.42 bits per heavy atom. The third-order valence-corrected chi connectivity index (χ3v) is 5.35. The summed E-state index contributed by atoms with van der Waals surface area (Å²) in [6.07, 6.45) is 1.69. The maximum absolute atomic E-state index is 9.87. The van der Waals surface area contributed by atoms with E-state index in [1.54, 1.807) is 43.6 Å². The van der Waals surface area contributed by atoms with Crippen molar-refractivity contribution in [2.24, 2.45) is 0 Å². The standard InChI is InChI=1S/C22H19N5O3S/c1-29-19-7-2-14(12-26-19)13-31-22-18(11-24)20(17(10-23)21(25)27-22)15-3-5-16(6-4-15)30-9-8-28/h2-7,12,28H,8-9,13H2,1H3,(H2,25,27). The van der Waals surface area contributed by atoms with Crippen molar-refractivity contribution in [3.63, 3.8) is 0 Å². The van der Waals surface area contributed by atoms with Gasteiger partial charge in [0.25, 0.3) is 0 Å². The molecule has 0 bridgehead atoms. The van der Waals surface area contributed by atoms with Gasteiger partial charge in [-0.15, -0.1) is 11.8 Å². The quantitative estimate of drug-likeness (QED) is 0.513. The minimum atomic E-state index is -0.0932. The lowest BCUT2D eigenvalue weighted by Crippen LogP contribution is -2.04. The van der Waals surface area contributed by atoms with E-state index < -0.39 is 0 Å². The third kappa shape index (κ3) is 5.04. The number of nitrogens with zero attached hydrogens (tertiary/aromatic N) is 4. The number of nitriles is 2. The van der Waals surface area contributed by atoms with E-state index in [0.717, 1.165) is 5.56 Å². The first-order valence-electron chi connectivity index (χ1n) is 9.20. The van der Waals surface area contributed by atoms with Gasteiger partial charge in [0.05, 0.1) is 19.3 Å². The lowest BCUT2D eigenvalue weighted by molar-refractivity contribution is 0.201. The fourth-order valence-corrected chi connectivity index (χ4v) is 3.77. The Labute approximate surface area is 183 Å². The molecule has 0 saturated carbocycles. The van der Waals surface area contributed by atoms with E-state index in [-0.39, 0.29) is 30.2 Å². The monoisotopic (exact) mass is 433 g/mol. The fourth-order valence-electron chi connectivity index (χ4n) is 2.84. The fraction of sp³-hybridized carbons (Fsp3) is 0.182. The highest BCUT2D eigenvalue weighted by molar-refractivity contribution is 7.98. The van der Waals surface area contributed by atoms with Crippen molar-refractivity contribution in [1.29, 1.82) is 10.5 Å². The molecule has 0 saturated heterocycles. The number of aliphatic hydroxyl groups excluding tert-OH is 1. The highest BCUT2D eigenvalue weighted by Gasteiger charge is 2.20. The molecular formula is C22H19N5O3S. The Bertz CT molecular complexity index is 1140. The van der Waals surface area contributed by atoms with Crippen LogP contribution in [0.3, 0.4) is 0 Å². The smallest absolute Gasteiger partial charge is 0.212 e. The van der Waals surface area contributed by atoms with Gasteiger partial charge in [-0.05, 0) is 23.3 Å². The number of hydrogen-bond acceptors (Lipinski definition) is 9. The molecule has 9 heteroatoms. The van der Waals surface area contributed by atoms with Crippen LogP contribution in [0.25, 0.3) is 11.1 Å². The number of nitrogen functional groups attached to an aromatic ring is 1. The van der Waals surface area contributed by atoms with Crippen molar-refractivity contribution in [1.82, 2.24) is 9.97 Å². The van der Waals surface area contributed by atoms with Crippen molar-refractivity contribution >= 4 is 17.6 Å². The number of pyridine rings is 2. The molecule has 3 rings (SSSR count). The van der Waals surface area contributed by atoms with Crippen LogP contribution < -0.4 is 15.2 Å². The van der Waals surface area contributed by atoms with E-state index in [1.807, 2.05) is 6.07 Å². The third-order valence-electron chi connectivity index (χ3n) is 4.30. The summed E-state index contributed by atoms with van der Waals surface area (Å²) in [5.74, 6) is 1.66. The summed E-state index contributed by atoms with van der Waals surface area (Å²) in [4.78, 5) is 8.48. The summed E-state index contributed by atoms with van der Waals surface area (Å²) in [6, 6.07) is 14.8. The van der Waals surface area contributed by atoms with Crippen LogP contribution in [0.4, 0.5) is 5.82 Å². The van der Waals surface area contributed by atoms with Crippen molar-refractivity contribution < 1.29 is 14.6 Å². The number of nitrogens with two attached hydrogens (primary N) is 1. The van der Waals surface area contributed by atoms with Crippen LogP contribution in [0.2, 0.25) is 0 Å². The number of benzene rings is 1. The molecule has 0 aliphatic heterocycles. The number of thioether (sulfide) groups is 1. The molecular weight excluding hydrogens is 414 g/mol. The van der Waals surface area contributed by atoms with Crippen LogP contribution in [0.1, 0.15) is 16.7 Å². The molecule has 2 aromatic heterocycles. The molecule has 0 spiro atoms. The summed E-state index contributed by atoms with van der Waals surface area (Å²) in [5.41, 5.74) is 8.49. The lowest BCUT2D eigenvalue weighted by atomic mass is 9.97. The number of aromatic nitrogens is 2. The van der Waals surface area contributed by atoms with Gasteiger partial charge in [-0.2, -0.15) is 10.5 Å². The van der Waals surface area contributed by atoms with Crippen molar-refractivity contribution in [3.05, 3.63) is 59.3 Å². The Hall–Kier alpha value is -3.79. The van der Waals surface area contributed by atoms with Crippen LogP contribution >= 0.6 is 11.8 Å². The zero-order valence-corrected chi connectivity index (χ0v) is 17.5. The first kappa shape index (κ1) is 21.9. The molecule has 0 atom stereocenters. The number of anilines is 1. The predicted molar refractivity (Wildman–Crippen MR) is 116 cm³/mol. The van der Waals surface area contributed by atoms with E-state index in [2.05, 4.69) is 22.1 Å². The van der Waals surface area contributed by atoms with Gasteiger partial charge in [-0.3, -0.25) is 0 Å². The van der Waals surface area contributed by atoms with E-state index >= 15 is 0 Å². The van der Waals surface area contributed by atoms with E-state index in [4.69, 9.17) is 20.3 Å². The molecule has 156 valence electrons. The molecule has 0 amide bonds. The van der Waals surface area contributed by atoms with Gasteiger partial charge >= 0.3 is 0 Å². The van der Waals surface area contributed by atoms with Crippen molar-refractivity contribution in [2.45, 2.75) is 10.8 Å². The average molecular weight is 433 g/mol. The first-order chi connectivity index (χ1) is 15.1. The maximum Gasteiger partial charge on any atom is 0.212 e. The molecule has 0 aliphatic carbocycles. The minimum absolute atomic E-state index is 0.0625. The summed E-state index contributed by atoms with van der Waals surface area (Å²) in [7, 11) is 1.55. The molecule has 3 aromatic rings. The molecule has 0 aliphatic rings. The summed E-state index contributed by atoms with van der Waals surface area (Å²) >= 11 is 1.34. The number of hydrogen-bond donors (Lipinski definition) is 2. The second-order valence-corrected chi connectivity index (χ2v) is 7.21. The second-order valence-electron chi connectivity index (χ2n) is 6.24. The average Bonchev–Trinajstić information content (AvgIpc) is 2.81. The van der Waals surface area contributed by atoms with Gasteiger partial charge in [-0.1, -0.05) is 18.2 Å². The Morgan fingerprint density at radius 1 is 1.10 bits per heavy atom. The SMILES string of the molecule is COc1ccc(CSc2nc(N)c(C#N)c(-c3ccc(OCCO)cc3)c2C#N)cn1. The molecule has 31 heavy (non-hydrogen) atoms. The van der Waals surface area contributed by atoms with Gasteiger partial charge in [0.1, 0.15) is 40.9 Å². The summed E-state index contributed by atoms with van der Waals surface area (Å²) < 4.78 is 10.4. The van der Waals surface area contributed by atoms with Gasteiger partial charge < -0.3 is 20.3 Å².